The SMILES string of the molecule is O=C1C(SCc2ccco2)=C(c2ccc(Cl)cc2Cl)C(=O)N1Cc1ccco1. The lowest BCUT2D eigenvalue weighted by Crippen LogP contribution is -2.30. The van der Waals surface area contributed by atoms with E-state index in [1.165, 1.54) is 18.0 Å². The number of amides is 2. The van der Waals surface area contributed by atoms with Crippen molar-refractivity contribution in [1.29, 1.82) is 0 Å². The summed E-state index contributed by atoms with van der Waals surface area (Å²) in [6.07, 6.45) is 3.06. The van der Waals surface area contributed by atoms with E-state index in [0.29, 0.717) is 37.8 Å². The molecule has 0 saturated heterocycles. The van der Waals surface area contributed by atoms with Gasteiger partial charge in [-0.25, -0.2) is 0 Å². The highest BCUT2D eigenvalue weighted by atomic mass is 35.5. The van der Waals surface area contributed by atoms with Gasteiger partial charge in [0.15, 0.2) is 0 Å². The minimum atomic E-state index is -0.424. The zero-order valence-corrected chi connectivity index (χ0v) is 16.7. The molecule has 1 aromatic carbocycles. The highest BCUT2D eigenvalue weighted by molar-refractivity contribution is 8.03. The molecule has 0 bridgehead atoms. The van der Waals surface area contributed by atoms with Gasteiger partial charge in [0.2, 0.25) is 0 Å². The molecule has 3 heterocycles. The number of carbonyl (C=O) groups excluding carboxylic acids is 2. The van der Waals surface area contributed by atoms with Crippen LogP contribution in [0.2, 0.25) is 10.0 Å². The van der Waals surface area contributed by atoms with Gasteiger partial charge in [-0.05, 0) is 36.4 Å². The summed E-state index contributed by atoms with van der Waals surface area (Å²) < 4.78 is 10.6. The number of hydrogen-bond donors (Lipinski definition) is 0. The third kappa shape index (κ3) is 3.63. The van der Waals surface area contributed by atoms with Crippen LogP contribution in [-0.2, 0) is 21.9 Å². The summed E-state index contributed by atoms with van der Waals surface area (Å²) in [5.41, 5.74) is 0.725. The van der Waals surface area contributed by atoms with Gasteiger partial charge in [0.05, 0.1) is 40.3 Å². The van der Waals surface area contributed by atoms with E-state index in [9.17, 15) is 9.59 Å². The highest BCUT2D eigenvalue weighted by Crippen LogP contribution is 2.40. The molecular weight excluding hydrogens is 421 g/mol. The third-order valence-electron chi connectivity index (χ3n) is 4.16. The molecule has 0 aliphatic carbocycles. The number of nitrogens with zero attached hydrogens (tertiary/aromatic N) is 1. The molecule has 5 nitrogen and oxygen atoms in total. The standard InChI is InChI=1S/C20H13Cl2NO4S/c21-12-5-6-15(16(22)9-12)17-18(28-11-14-4-2-8-27-14)20(25)23(19(17)24)10-13-3-1-7-26-13/h1-9H,10-11H2. The van der Waals surface area contributed by atoms with Gasteiger partial charge in [0.1, 0.15) is 11.5 Å². The molecule has 0 fully saturated rings. The van der Waals surface area contributed by atoms with Crippen LogP contribution in [0.15, 0.2) is 68.7 Å². The largest absolute Gasteiger partial charge is 0.468 e. The van der Waals surface area contributed by atoms with Crippen LogP contribution in [0.1, 0.15) is 17.1 Å². The minimum absolute atomic E-state index is 0.0458. The normalized spacial score (nSPS) is 14.4. The second kappa shape index (κ2) is 7.91. The molecule has 142 valence electrons. The molecule has 28 heavy (non-hydrogen) atoms. The number of imide groups is 1. The molecule has 0 unspecified atom stereocenters. The zero-order chi connectivity index (χ0) is 19.7. The lowest BCUT2D eigenvalue weighted by atomic mass is 10.1. The van der Waals surface area contributed by atoms with Gasteiger partial charge in [0.25, 0.3) is 11.8 Å². The van der Waals surface area contributed by atoms with Crippen molar-refractivity contribution in [1.82, 2.24) is 4.90 Å². The Morgan fingerprint density at radius 2 is 1.64 bits per heavy atom. The fourth-order valence-electron chi connectivity index (χ4n) is 2.86. The number of thioether (sulfide) groups is 1. The van der Waals surface area contributed by atoms with Crippen LogP contribution in [0.3, 0.4) is 0 Å². The summed E-state index contributed by atoms with van der Waals surface area (Å²) in [6, 6.07) is 11.8. The van der Waals surface area contributed by atoms with Gasteiger partial charge in [-0.1, -0.05) is 29.3 Å². The maximum Gasteiger partial charge on any atom is 0.268 e. The zero-order valence-electron chi connectivity index (χ0n) is 14.4. The fourth-order valence-corrected chi connectivity index (χ4v) is 4.39. The first-order chi connectivity index (χ1) is 13.5. The van der Waals surface area contributed by atoms with Gasteiger partial charge in [-0.2, -0.15) is 0 Å². The first-order valence-electron chi connectivity index (χ1n) is 8.28. The van der Waals surface area contributed by atoms with Crippen molar-refractivity contribution in [3.05, 3.63) is 87.0 Å². The summed E-state index contributed by atoms with van der Waals surface area (Å²) in [5.74, 6) is 0.806. The quantitative estimate of drug-likeness (QED) is 0.487. The molecule has 0 radical (unpaired) electrons. The summed E-state index contributed by atoms with van der Waals surface area (Å²) in [7, 11) is 0. The molecule has 1 aliphatic heterocycles. The van der Waals surface area contributed by atoms with Crippen molar-refractivity contribution in [3.63, 3.8) is 0 Å². The van der Waals surface area contributed by atoms with Crippen LogP contribution < -0.4 is 0 Å². The van der Waals surface area contributed by atoms with Crippen LogP contribution in [0.4, 0.5) is 0 Å². The second-order valence-electron chi connectivity index (χ2n) is 5.97. The Hall–Kier alpha value is -2.41. The molecule has 3 aromatic rings. The lowest BCUT2D eigenvalue weighted by molar-refractivity contribution is -0.137. The average Bonchev–Trinajstić information content (AvgIpc) is 3.40. The molecule has 0 atom stereocenters. The molecule has 2 amide bonds. The Labute approximate surface area is 174 Å². The maximum absolute atomic E-state index is 13.1. The van der Waals surface area contributed by atoms with E-state index in [1.807, 2.05) is 6.07 Å². The van der Waals surface area contributed by atoms with E-state index in [-0.39, 0.29) is 18.0 Å². The van der Waals surface area contributed by atoms with E-state index in [1.54, 1.807) is 42.7 Å². The van der Waals surface area contributed by atoms with E-state index in [0.717, 1.165) is 4.90 Å². The summed E-state index contributed by atoms with van der Waals surface area (Å²) >= 11 is 13.6. The molecule has 0 spiro atoms. The molecule has 0 N–H and O–H groups in total. The van der Waals surface area contributed by atoms with E-state index in [4.69, 9.17) is 32.0 Å². The number of furan rings is 2. The van der Waals surface area contributed by atoms with Crippen LogP contribution >= 0.6 is 35.0 Å². The first-order valence-corrected chi connectivity index (χ1v) is 10.0. The predicted octanol–water partition coefficient (Wildman–Crippen LogP) is 5.39. The Kier molecular flexibility index (Phi) is 5.35. The molecule has 4 rings (SSSR count). The van der Waals surface area contributed by atoms with Gasteiger partial charge >= 0.3 is 0 Å². The highest BCUT2D eigenvalue weighted by Gasteiger charge is 2.40. The minimum Gasteiger partial charge on any atom is -0.468 e. The summed E-state index contributed by atoms with van der Waals surface area (Å²) in [6.45, 7) is 0.0458. The number of halogens is 2. The maximum atomic E-state index is 13.1. The Morgan fingerprint density at radius 3 is 2.29 bits per heavy atom. The third-order valence-corrected chi connectivity index (χ3v) is 5.80. The van der Waals surface area contributed by atoms with Crippen molar-refractivity contribution in [3.8, 4) is 0 Å². The Morgan fingerprint density at radius 1 is 0.929 bits per heavy atom. The molecular formula is C20H13Cl2NO4S. The Bertz CT molecular complexity index is 1060. The molecule has 1 aliphatic rings. The van der Waals surface area contributed by atoms with Crippen LogP contribution in [0, 0.1) is 0 Å². The smallest absolute Gasteiger partial charge is 0.268 e. The number of carbonyl (C=O) groups is 2. The summed E-state index contributed by atoms with van der Waals surface area (Å²) in [4.78, 5) is 27.7. The van der Waals surface area contributed by atoms with E-state index in [2.05, 4.69) is 0 Å². The lowest BCUT2D eigenvalue weighted by Gasteiger charge is -2.13. The number of benzene rings is 1. The monoisotopic (exact) mass is 433 g/mol. The number of hydrogen-bond acceptors (Lipinski definition) is 5. The second-order valence-corrected chi connectivity index (χ2v) is 7.80. The van der Waals surface area contributed by atoms with Crippen molar-refractivity contribution in [2.45, 2.75) is 12.3 Å². The first kappa shape index (κ1) is 18.9. The average molecular weight is 434 g/mol. The molecule has 2 aromatic heterocycles. The van der Waals surface area contributed by atoms with Crippen LogP contribution in [0.5, 0.6) is 0 Å². The van der Waals surface area contributed by atoms with Crippen molar-refractivity contribution < 1.29 is 18.4 Å². The predicted molar refractivity (Wildman–Crippen MR) is 108 cm³/mol. The van der Waals surface area contributed by atoms with E-state index < -0.39 is 5.91 Å². The van der Waals surface area contributed by atoms with Crippen molar-refractivity contribution in [2.75, 3.05) is 0 Å². The van der Waals surface area contributed by atoms with Gasteiger partial charge in [-0.15, -0.1) is 11.8 Å². The fraction of sp³-hybridized carbons (Fsp3) is 0.100. The van der Waals surface area contributed by atoms with Crippen LogP contribution in [-0.4, -0.2) is 16.7 Å². The molecule has 8 heteroatoms. The van der Waals surface area contributed by atoms with Crippen molar-refractivity contribution in [2.24, 2.45) is 0 Å². The van der Waals surface area contributed by atoms with Gasteiger partial charge < -0.3 is 8.83 Å². The van der Waals surface area contributed by atoms with Gasteiger partial charge in [-0.3, -0.25) is 14.5 Å². The molecule has 0 saturated carbocycles. The summed E-state index contributed by atoms with van der Waals surface area (Å²) in [5, 5.41) is 0.753. The van der Waals surface area contributed by atoms with Crippen LogP contribution in [0.25, 0.3) is 5.57 Å². The Balaban J connectivity index is 1.72. The van der Waals surface area contributed by atoms with Gasteiger partial charge in [0, 0.05) is 10.6 Å². The number of rotatable bonds is 6. The van der Waals surface area contributed by atoms with Crippen molar-refractivity contribution >= 4 is 52.4 Å². The topological polar surface area (TPSA) is 63.7 Å². The van der Waals surface area contributed by atoms with E-state index >= 15 is 0 Å².